The molecule has 30 heavy (non-hydrogen) atoms. The van der Waals surface area contributed by atoms with Crippen molar-refractivity contribution in [2.24, 2.45) is 0 Å². The van der Waals surface area contributed by atoms with Crippen LogP contribution in [0.3, 0.4) is 0 Å². The Morgan fingerprint density at radius 1 is 1.33 bits per heavy atom. The number of pyridine rings is 1. The largest absolute Gasteiger partial charge is 0.494 e. The number of nitrogens with zero attached hydrogens (tertiary/aromatic N) is 3. The Morgan fingerprint density at radius 2 is 2.00 bits per heavy atom. The quantitative estimate of drug-likeness (QED) is 0.775. The molecule has 4 heterocycles. The number of nitriles is 1. The minimum absolute atomic E-state index is 0.219. The second kappa shape index (κ2) is 6.36. The predicted octanol–water partition coefficient (Wildman–Crippen LogP) is 3.83. The summed E-state index contributed by atoms with van der Waals surface area (Å²) in [6.07, 6.45) is -3.01. The van der Waals surface area contributed by atoms with Crippen molar-refractivity contribution in [3.63, 3.8) is 0 Å². The summed E-state index contributed by atoms with van der Waals surface area (Å²) in [5, 5.41) is 30.8. The summed E-state index contributed by atoms with van der Waals surface area (Å²) < 4.78 is 53.0. The van der Waals surface area contributed by atoms with E-state index in [1.54, 1.807) is 13.8 Å². The molecular formula is C20H20F3N3O4. The van der Waals surface area contributed by atoms with Crippen LogP contribution in [0.2, 0.25) is 0 Å². The molecule has 2 N–H and O–H groups in total. The van der Waals surface area contributed by atoms with Crippen LogP contribution in [0.4, 0.5) is 13.2 Å². The molecule has 4 rings (SSSR count). The fraction of sp³-hybridized carbons (Fsp3) is 0.500. The van der Waals surface area contributed by atoms with Gasteiger partial charge < -0.3 is 19.7 Å². The van der Waals surface area contributed by atoms with Crippen LogP contribution < -0.4 is 0 Å². The lowest BCUT2D eigenvalue weighted by Gasteiger charge is -2.29. The number of halogens is 3. The Balaban J connectivity index is 1.89. The van der Waals surface area contributed by atoms with Crippen LogP contribution >= 0.6 is 0 Å². The molecule has 0 amide bonds. The highest BCUT2D eigenvalue weighted by atomic mass is 19.4. The maximum absolute atomic E-state index is 13.4. The number of hydrogen-bond donors (Lipinski definition) is 2. The molecule has 0 aliphatic carbocycles. The molecule has 10 heteroatoms. The molecule has 2 aromatic heterocycles. The highest BCUT2D eigenvalue weighted by Gasteiger charge is 2.65. The first-order valence-electron chi connectivity index (χ1n) is 9.45. The van der Waals surface area contributed by atoms with Gasteiger partial charge in [-0.1, -0.05) is 6.92 Å². The first kappa shape index (κ1) is 20.5. The molecule has 2 aliphatic heterocycles. The summed E-state index contributed by atoms with van der Waals surface area (Å²) >= 11 is 0. The number of hydrogen-bond acceptors (Lipinski definition) is 6. The van der Waals surface area contributed by atoms with E-state index in [4.69, 9.17) is 14.7 Å². The Hall–Kier alpha value is -2.77. The second-order valence-electron chi connectivity index (χ2n) is 7.94. The monoisotopic (exact) mass is 423 g/mol. The van der Waals surface area contributed by atoms with Crippen LogP contribution in [-0.2, 0) is 26.9 Å². The summed E-state index contributed by atoms with van der Waals surface area (Å²) in [6, 6.07) is 2.09. The van der Waals surface area contributed by atoms with Crippen LogP contribution in [0.1, 0.15) is 56.0 Å². The van der Waals surface area contributed by atoms with E-state index in [0.717, 1.165) is 17.2 Å². The molecule has 2 aliphatic rings. The molecule has 2 bridgehead atoms. The number of aromatic hydroxyl groups is 2. The Bertz CT molecular complexity index is 1070. The van der Waals surface area contributed by atoms with E-state index in [9.17, 15) is 23.4 Å². The number of fused-ring (bicyclic) bond motifs is 5. The molecule has 0 aromatic carbocycles. The molecule has 1 fully saturated rings. The van der Waals surface area contributed by atoms with Crippen molar-refractivity contribution >= 4 is 0 Å². The first-order chi connectivity index (χ1) is 14.0. The first-order valence-corrected chi connectivity index (χ1v) is 9.45. The number of alkyl halides is 3. The molecule has 1 saturated heterocycles. The number of ether oxygens (including phenoxy) is 2. The van der Waals surface area contributed by atoms with E-state index in [2.05, 4.69) is 4.98 Å². The summed E-state index contributed by atoms with van der Waals surface area (Å²) in [7, 11) is 0. The highest BCUT2D eigenvalue weighted by molar-refractivity contribution is 5.61. The van der Waals surface area contributed by atoms with Gasteiger partial charge >= 0.3 is 6.18 Å². The van der Waals surface area contributed by atoms with E-state index in [1.165, 1.54) is 6.07 Å². The van der Waals surface area contributed by atoms with Gasteiger partial charge in [0, 0.05) is 13.0 Å². The Kier molecular flexibility index (Phi) is 4.35. The third kappa shape index (κ3) is 2.62. The standard InChI is InChI=1S/C20H20F3N3O4/c1-4-5-29-13-7-18(2)14-15(19(13,3)30-18)17(28)26(16(14)27)10-6-11(20(21,22)23)12(8-24)25-9-10/h6,9,13,27-28H,4-5,7H2,1-3H3/t13-,18-,19+/m0/s1. The van der Waals surface area contributed by atoms with Gasteiger partial charge in [-0.15, -0.1) is 0 Å². The third-order valence-electron chi connectivity index (χ3n) is 5.84. The molecule has 0 saturated carbocycles. The van der Waals surface area contributed by atoms with Crippen molar-refractivity contribution < 1.29 is 32.9 Å². The topological polar surface area (TPSA) is 101 Å². The van der Waals surface area contributed by atoms with Gasteiger partial charge in [-0.25, -0.2) is 9.55 Å². The summed E-state index contributed by atoms with van der Waals surface area (Å²) in [6.45, 7) is 5.91. The maximum Gasteiger partial charge on any atom is 0.419 e. The average Bonchev–Trinajstić information content (AvgIpc) is 3.19. The van der Waals surface area contributed by atoms with Crippen LogP contribution in [0.15, 0.2) is 12.3 Å². The summed E-state index contributed by atoms with van der Waals surface area (Å²) in [5.41, 5.74) is -3.70. The highest BCUT2D eigenvalue weighted by Crippen LogP contribution is 2.64. The van der Waals surface area contributed by atoms with E-state index in [-0.39, 0.29) is 17.4 Å². The van der Waals surface area contributed by atoms with Gasteiger partial charge in [-0.3, -0.25) is 0 Å². The zero-order valence-corrected chi connectivity index (χ0v) is 16.5. The van der Waals surface area contributed by atoms with E-state index < -0.39 is 40.4 Å². The number of rotatable bonds is 4. The molecule has 7 nitrogen and oxygen atoms in total. The lowest BCUT2D eigenvalue weighted by molar-refractivity contribution is -0.138. The van der Waals surface area contributed by atoms with Gasteiger partial charge in [0.05, 0.1) is 40.3 Å². The van der Waals surface area contributed by atoms with Crippen molar-refractivity contribution in [3.8, 4) is 23.5 Å². The summed E-state index contributed by atoms with van der Waals surface area (Å²) in [4.78, 5) is 3.57. The van der Waals surface area contributed by atoms with Crippen molar-refractivity contribution in [2.45, 2.75) is 57.1 Å². The SMILES string of the molecule is CCCO[C@H]1C[C@]2(C)O[C@@]1(C)c1c2c(O)n(-c2cnc(C#N)c(C(F)(F)F)c2)c1O. The van der Waals surface area contributed by atoms with E-state index >= 15 is 0 Å². The maximum atomic E-state index is 13.4. The van der Waals surface area contributed by atoms with Gasteiger partial charge in [0.25, 0.3) is 0 Å². The smallest absolute Gasteiger partial charge is 0.419 e. The van der Waals surface area contributed by atoms with Gasteiger partial charge in [0.1, 0.15) is 11.7 Å². The van der Waals surface area contributed by atoms with Crippen LogP contribution in [-0.4, -0.2) is 32.5 Å². The Morgan fingerprint density at radius 3 is 2.60 bits per heavy atom. The fourth-order valence-corrected chi connectivity index (χ4v) is 4.61. The van der Waals surface area contributed by atoms with E-state index in [0.29, 0.717) is 24.7 Å². The van der Waals surface area contributed by atoms with Gasteiger partial charge in [-0.05, 0) is 26.3 Å². The van der Waals surface area contributed by atoms with Crippen molar-refractivity contribution in [1.82, 2.24) is 9.55 Å². The Labute approximate surface area is 170 Å². The predicted molar refractivity (Wildman–Crippen MR) is 97.0 cm³/mol. The van der Waals surface area contributed by atoms with Crippen LogP contribution in [0.25, 0.3) is 5.69 Å². The minimum atomic E-state index is -4.83. The molecule has 2 aromatic rings. The van der Waals surface area contributed by atoms with Crippen LogP contribution in [0.5, 0.6) is 11.8 Å². The molecule has 0 radical (unpaired) electrons. The molecular weight excluding hydrogens is 403 g/mol. The van der Waals surface area contributed by atoms with Gasteiger partial charge in [0.15, 0.2) is 5.69 Å². The normalized spacial score (nSPS) is 27.3. The second-order valence-corrected chi connectivity index (χ2v) is 7.94. The van der Waals surface area contributed by atoms with E-state index in [1.807, 2.05) is 6.92 Å². The average molecular weight is 423 g/mol. The van der Waals surface area contributed by atoms with Gasteiger partial charge in [-0.2, -0.15) is 18.4 Å². The summed E-state index contributed by atoms with van der Waals surface area (Å²) in [5.74, 6) is -0.875. The third-order valence-corrected chi connectivity index (χ3v) is 5.84. The molecule has 0 spiro atoms. The lowest BCUT2D eigenvalue weighted by atomic mass is 9.78. The van der Waals surface area contributed by atoms with Crippen molar-refractivity contribution in [2.75, 3.05) is 6.61 Å². The number of aromatic nitrogens is 2. The van der Waals surface area contributed by atoms with Crippen molar-refractivity contribution in [3.05, 3.63) is 34.6 Å². The fourth-order valence-electron chi connectivity index (χ4n) is 4.61. The molecule has 3 atom stereocenters. The lowest BCUT2D eigenvalue weighted by Crippen LogP contribution is -2.35. The van der Waals surface area contributed by atoms with Gasteiger partial charge in [0.2, 0.25) is 11.8 Å². The van der Waals surface area contributed by atoms with Crippen LogP contribution in [0, 0.1) is 11.3 Å². The molecule has 0 unspecified atom stereocenters. The minimum Gasteiger partial charge on any atom is -0.494 e. The molecule has 160 valence electrons. The zero-order chi connectivity index (χ0) is 22.1. The van der Waals surface area contributed by atoms with Crippen molar-refractivity contribution in [1.29, 1.82) is 5.26 Å². The zero-order valence-electron chi connectivity index (χ0n) is 16.5.